The highest BCUT2D eigenvalue weighted by Crippen LogP contribution is 2.22. The van der Waals surface area contributed by atoms with E-state index in [1.807, 2.05) is 26.8 Å². The number of hydrogen-bond donors (Lipinski definition) is 1. The molecule has 0 radical (unpaired) electrons. The van der Waals surface area contributed by atoms with Crippen molar-refractivity contribution in [3.63, 3.8) is 0 Å². The Labute approximate surface area is 227 Å². The van der Waals surface area contributed by atoms with Crippen LogP contribution >= 0.6 is 0 Å². The third-order valence-electron chi connectivity index (χ3n) is 6.76. The van der Waals surface area contributed by atoms with Crippen LogP contribution in [0.1, 0.15) is 72.6 Å². The number of unbranched alkanes of at least 4 members (excludes halogenated alkanes) is 2. The van der Waals surface area contributed by atoms with Gasteiger partial charge in [-0.3, -0.25) is 14.4 Å². The molecule has 0 spiro atoms. The average molecular weight is 532 g/mol. The number of rotatable bonds is 10. The Bertz CT molecular complexity index is 880. The van der Waals surface area contributed by atoms with Crippen molar-refractivity contribution in [2.45, 2.75) is 78.2 Å². The molecule has 2 heterocycles. The van der Waals surface area contributed by atoms with E-state index in [1.54, 1.807) is 15.9 Å². The molecule has 2 fully saturated rings. The number of ether oxygens (including phenoxy) is 2. The Morgan fingerprint density at radius 3 is 2.42 bits per heavy atom. The van der Waals surface area contributed by atoms with Crippen molar-refractivity contribution in [2.24, 2.45) is 17.8 Å². The van der Waals surface area contributed by atoms with Gasteiger partial charge in [0.1, 0.15) is 11.5 Å². The predicted molar refractivity (Wildman–Crippen MR) is 145 cm³/mol. The second-order valence-corrected chi connectivity index (χ2v) is 11.1. The minimum Gasteiger partial charge on any atom is -0.465 e. The highest BCUT2D eigenvalue weighted by Gasteiger charge is 2.29. The number of nitrogens with zero attached hydrogens (tertiary/aromatic N) is 2. The number of esters is 1. The predicted octanol–water partition coefficient (Wildman–Crippen LogP) is 3.53. The molecule has 0 unspecified atom stereocenters. The third kappa shape index (κ3) is 10.8. The standard InChI is InChI=1S/C29H45N3O6/c1-6-8-9-19-37-27(35)23(7-2)20-30-26(34)24-11-10-16-32(21-24)25(33)13-12-22-14-17-31(18-15-22)28(36)38-29(3,4)5/h2,12-13,22-24H,6,8-11,14-21H2,1,3-5H3,(H,30,34)/b13-12+/t23-,24+/m0/s1. The Morgan fingerprint density at radius 2 is 1.79 bits per heavy atom. The third-order valence-corrected chi connectivity index (χ3v) is 6.76. The van der Waals surface area contributed by atoms with Crippen LogP contribution in [-0.4, -0.2) is 78.6 Å². The zero-order chi connectivity index (χ0) is 28.1. The van der Waals surface area contributed by atoms with E-state index in [9.17, 15) is 19.2 Å². The fourth-order valence-corrected chi connectivity index (χ4v) is 4.50. The molecule has 2 aliphatic heterocycles. The lowest BCUT2D eigenvalue weighted by molar-refractivity contribution is -0.146. The summed E-state index contributed by atoms with van der Waals surface area (Å²) in [6.07, 6.45) is 14.4. The molecule has 2 atom stereocenters. The average Bonchev–Trinajstić information content (AvgIpc) is 2.89. The first-order valence-electron chi connectivity index (χ1n) is 13.9. The maximum atomic E-state index is 12.8. The normalized spacial score (nSPS) is 19.5. The van der Waals surface area contributed by atoms with Crippen LogP contribution in [0.15, 0.2) is 12.2 Å². The van der Waals surface area contributed by atoms with E-state index in [1.165, 1.54) is 0 Å². The minimum absolute atomic E-state index is 0.0221. The van der Waals surface area contributed by atoms with E-state index in [-0.39, 0.29) is 36.3 Å². The fraction of sp³-hybridized carbons (Fsp3) is 0.724. The van der Waals surface area contributed by atoms with Gasteiger partial charge in [-0.25, -0.2) is 4.79 Å². The highest BCUT2D eigenvalue weighted by molar-refractivity contribution is 5.88. The van der Waals surface area contributed by atoms with Crippen LogP contribution in [0.3, 0.4) is 0 Å². The molecule has 1 N–H and O–H groups in total. The maximum absolute atomic E-state index is 12.8. The Kier molecular flexibility index (Phi) is 12.6. The van der Waals surface area contributed by atoms with E-state index in [0.29, 0.717) is 39.2 Å². The monoisotopic (exact) mass is 531 g/mol. The van der Waals surface area contributed by atoms with Gasteiger partial charge in [0.15, 0.2) is 0 Å². The molecule has 3 amide bonds. The van der Waals surface area contributed by atoms with E-state index in [4.69, 9.17) is 15.9 Å². The molecule has 2 saturated heterocycles. The van der Waals surface area contributed by atoms with Crippen molar-refractivity contribution >= 4 is 23.9 Å². The first kappa shape index (κ1) is 31.2. The molecule has 0 aromatic heterocycles. The number of carbonyl (C=O) groups excluding carboxylic acids is 4. The van der Waals surface area contributed by atoms with E-state index < -0.39 is 17.5 Å². The van der Waals surface area contributed by atoms with Gasteiger partial charge in [0.05, 0.1) is 12.5 Å². The first-order chi connectivity index (χ1) is 18.0. The number of terminal acetylenes is 1. The van der Waals surface area contributed by atoms with Crippen LogP contribution in [0.25, 0.3) is 0 Å². The van der Waals surface area contributed by atoms with Crippen molar-refractivity contribution in [3.05, 3.63) is 12.2 Å². The summed E-state index contributed by atoms with van der Waals surface area (Å²) in [5.74, 6) is 0.619. The molecule has 212 valence electrons. The lowest BCUT2D eigenvalue weighted by Crippen LogP contribution is -2.46. The Morgan fingerprint density at radius 1 is 1.08 bits per heavy atom. The Balaban J connectivity index is 1.76. The van der Waals surface area contributed by atoms with Gasteiger partial charge in [0.2, 0.25) is 11.8 Å². The first-order valence-corrected chi connectivity index (χ1v) is 13.9. The zero-order valence-electron chi connectivity index (χ0n) is 23.5. The summed E-state index contributed by atoms with van der Waals surface area (Å²) in [6.45, 7) is 10.1. The second-order valence-electron chi connectivity index (χ2n) is 11.1. The summed E-state index contributed by atoms with van der Waals surface area (Å²) in [4.78, 5) is 53.4. The van der Waals surface area contributed by atoms with Crippen molar-refractivity contribution in [3.8, 4) is 12.3 Å². The summed E-state index contributed by atoms with van der Waals surface area (Å²) in [5.41, 5.74) is -0.522. The number of amides is 3. The molecule has 2 rings (SSSR count). The van der Waals surface area contributed by atoms with Crippen molar-refractivity contribution in [2.75, 3.05) is 39.3 Å². The summed E-state index contributed by atoms with van der Waals surface area (Å²) >= 11 is 0. The number of allylic oxidation sites excluding steroid dienone is 1. The molecule has 9 heteroatoms. The van der Waals surface area contributed by atoms with Gasteiger partial charge in [-0.05, 0) is 64.9 Å². The van der Waals surface area contributed by atoms with E-state index >= 15 is 0 Å². The van der Waals surface area contributed by atoms with Crippen LogP contribution in [0.5, 0.6) is 0 Å². The second kappa shape index (κ2) is 15.4. The molecular weight excluding hydrogens is 486 g/mol. The SMILES string of the molecule is C#C[C@@H](CNC(=O)[C@@H]1CCCN(C(=O)/C=C/C2CCN(C(=O)OC(C)(C)C)CC2)C1)C(=O)OCCCCC. The van der Waals surface area contributed by atoms with Crippen molar-refractivity contribution in [1.82, 2.24) is 15.1 Å². The molecule has 9 nitrogen and oxygen atoms in total. The highest BCUT2D eigenvalue weighted by atomic mass is 16.6. The molecule has 0 aromatic carbocycles. The summed E-state index contributed by atoms with van der Waals surface area (Å²) in [6, 6.07) is 0. The largest absolute Gasteiger partial charge is 0.465 e. The Hall–Kier alpha value is -3.02. The fourth-order valence-electron chi connectivity index (χ4n) is 4.50. The van der Waals surface area contributed by atoms with Gasteiger partial charge < -0.3 is 24.6 Å². The molecule has 2 aliphatic rings. The maximum Gasteiger partial charge on any atom is 0.410 e. The molecular formula is C29H45N3O6. The van der Waals surface area contributed by atoms with Gasteiger partial charge in [-0.15, -0.1) is 6.42 Å². The lowest BCUT2D eigenvalue weighted by Gasteiger charge is -2.33. The topological polar surface area (TPSA) is 105 Å². The zero-order valence-corrected chi connectivity index (χ0v) is 23.5. The van der Waals surface area contributed by atoms with Crippen molar-refractivity contribution < 1.29 is 28.7 Å². The van der Waals surface area contributed by atoms with E-state index in [2.05, 4.69) is 18.2 Å². The quantitative estimate of drug-likeness (QED) is 0.200. The molecule has 0 aliphatic carbocycles. The number of hydrogen-bond acceptors (Lipinski definition) is 6. The lowest BCUT2D eigenvalue weighted by atomic mass is 9.95. The van der Waals surface area contributed by atoms with Crippen LogP contribution in [0.4, 0.5) is 4.79 Å². The van der Waals surface area contributed by atoms with Crippen LogP contribution in [0.2, 0.25) is 0 Å². The number of nitrogens with one attached hydrogen (secondary N) is 1. The summed E-state index contributed by atoms with van der Waals surface area (Å²) in [7, 11) is 0. The molecule has 0 saturated carbocycles. The van der Waals surface area contributed by atoms with Crippen LogP contribution in [-0.2, 0) is 23.9 Å². The number of likely N-dealkylation sites (tertiary alicyclic amines) is 2. The van der Waals surface area contributed by atoms with Crippen molar-refractivity contribution in [1.29, 1.82) is 0 Å². The van der Waals surface area contributed by atoms with Crippen LogP contribution in [0, 0.1) is 30.1 Å². The molecule has 38 heavy (non-hydrogen) atoms. The number of carbonyl (C=O) groups is 4. The van der Waals surface area contributed by atoms with Gasteiger partial charge in [-0.2, -0.15) is 0 Å². The van der Waals surface area contributed by atoms with Gasteiger partial charge in [-0.1, -0.05) is 31.8 Å². The van der Waals surface area contributed by atoms with Gasteiger partial charge >= 0.3 is 12.1 Å². The van der Waals surface area contributed by atoms with Crippen LogP contribution < -0.4 is 5.32 Å². The van der Waals surface area contributed by atoms with Gasteiger partial charge in [0, 0.05) is 32.7 Å². The minimum atomic E-state index is -0.827. The molecule has 0 aromatic rings. The van der Waals surface area contributed by atoms with E-state index in [0.717, 1.165) is 38.5 Å². The molecule has 0 bridgehead atoms. The summed E-state index contributed by atoms with van der Waals surface area (Å²) in [5, 5.41) is 2.78. The van der Waals surface area contributed by atoms with Gasteiger partial charge in [0.25, 0.3) is 0 Å². The summed E-state index contributed by atoms with van der Waals surface area (Å²) < 4.78 is 10.7. The number of piperidine rings is 2. The smallest absolute Gasteiger partial charge is 0.410 e.